The van der Waals surface area contributed by atoms with Gasteiger partial charge in [-0.15, -0.1) is 0 Å². The molecule has 0 saturated carbocycles. The highest BCUT2D eigenvalue weighted by atomic mass is 19.3. The van der Waals surface area contributed by atoms with Gasteiger partial charge in [-0.05, 0) is 28.2 Å². The van der Waals surface area contributed by atoms with Crippen molar-refractivity contribution in [3.05, 3.63) is 59.7 Å². The van der Waals surface area contributed by atoms with Gasteiger partial charge < -0.3 is 20.1 Å². The molecule has 1 atom stereocenters. The van der Waals surface area contributed by atoms with Crippen LogP contribution >= 0.6 is 0 Å². The van der Waals surface area contributed by atoms with Crippen molar-refractivity contribution in [1.29, 1.82) is 0 Å². The summed E-state index contributed by atoms with van der Waals surface area (Å²) in [6.07, 6.45) is -1.69. The zero-order valence-corrected chi connectivity index (χ0v) is 17.4. The fourth-order valence-electron chi connectivity index (χ4n) is 4.21. The third kappa shape index (κ3) is 4.65. The van der Waals surface area contributed by atoms with E-state index in [0.717, 1.165) is 22.3 Å². The summed E-state index contributed by atoms with van der Waals surface area (Å²) in [5.41, 5.74) is 4.32. The number of benzene rings is 2. The Bertz CT molecular complexity index is 1130. The van der Waals surface area contributed by atoms with E-state index in [1.54, 1.807) is 0 Å². The van der Waals surface area contributed by atoms with Crippen molar-refractivity contribution in [1.82, 2.24) is 10.2 Å². The van der Waals surface area contributed by atoms with Gasteiger partial charge in [-0.1, -0.05) is 54.5 Å². The van der Waals surface area contributed by atoms with Crippen molar-refractivity contribution in [2.24, 2.45) is 0 Å². The number of fused-ring (bicyclic) bond motifs is 3. The van der Waals surface area contributed by atoms with E-state index >= 15 is 0 Å². The molecule has 7 nitrogen and oxygen atoms in total. The maximum absolute atomic E-state index is 13.5. The highest BCUT2D eigenvalue weighted by molar-refractivity contribution is 5.96. The Morgan fingerprint density at radius 1 is 1.09 bits per heavy atom. The molecule has 0 spiro atoms. The fourth-order valence-corrected chi connectivity index (χ4v) is 4.21. The predicted molar refractivity (Wildman–Crippen MR) is 114 cm³/mol. The Balaban J connectivity index is 1.30. The predicted octanol–water partition coefficient (Wildman–Crippen LogP) is 2.85. The van der Waals surface area contributed by atoms with Crippen LogP contribution in [-0.2, 0) is 14.3 Å². The normalized spacial score (nSPS) is 18.0. The summed E-state index contributed by atoms with van der Waals surface area (Å²) < 4.78 is 32.3. The molecule has 170 valence electrons. The van der Waals surface area contributed by atoms with Crippen LogP contribution in [0.5, 0.6) is 0 Å². The molecule has 1 fully saturated rings. The number of alkyl carbamates (subject to hydrolysis) is 1. The van der Waals surface area contributed by atoms with E-state index in [1.165, 1.54) is 0 Å². The van der Waals surface area contributed by atoms with Gasteiger partial charge in [0.25, 0.3) is 11.8 Å². The number of nitrogens with one attached hydrogen (secondary N) is 1. The van der Waals surface area contributed by atoms with Crippen LogP contribution in [0.3, 0.4) is 0 Å². The number of halogens is 2. The zero-order chi connectivity index (χ0) is 23.6. The number of nitrogens with zero attached hydrogens (tertiary/aromatic N) is 1. The van der Waals surface area contributed by atoms with Gasteiger partial charge in [0.1, 0.15) is 12.6 Å². The number of carboxylic acid groups (broad SMARTS) is 1. The molecule has 0 radical (unpaired) electrons. The number of hydrogen-bond acceptors (Lipinski definition) is 4. The van der Waals surface area contributed by atoms with Gasteiger partial charge in [-0.2, -0.15) is 0 Å². The monoisotopic (exact) mass is 454 g/mol. The van der Waals surface area contributed by atoms with E-state index < -0.39 is 42.9 Å². The van der Waals surface area contributed by atoms with Crippen molar-refractivity contribution in [2.75, 3.05) is 19.7 Å². The van der Waals surface area contributed by atoms with Gasteiger partial charge in [0.15, 0.2) is 0 Å². The first-order valence-corrected chi connectivity index (χ1v) is 10.3. The Morgan fingerprint density at radius 2 is 1.70 bits per heavy atom. The van der Waals surface area contributed by atoms with Gasteiger partial charge in [0, 0.05) is 12.3 Å². The Kier molecular flexibility index (Phi) is 6.01. The first kappa shape index (κ1) is 22.3. The van der Waals surface area contributed by atoms with E-state index in [4.69, 9.17) is 9.84 Å². The molecule has 0 unspecified atom stereocenters. The molecule has 9 heteroatoms. The van der Waals surface area contributed by atoms with Crippen LogP contribution in [0.1, 0.15) is 23.5 Å². The second kappa shape index (κ2) is 8.90. The molecule has 2 N–H and O–H groups in total. The van der Waals surface area contributed by atoms with Crippen molar-refractivity contribution >= 4 is 18.0 Å². The molecule has 1 heterocycles. The molecule has 4 rings (SSSR count). The summed E-state index contributed by atoms with van der Waals surface area (Å²) in [5.74, 6) is -1.49. The average molecular weight is 454 g/mol. The Labute approximate surface area is 188 Å². The summed E-state index contributed by atoms with van der Waals surface area (Å²) in [4.78, 5) is 35.8. The molecule has 2 aromatic rings. The highest BCUT2D eigenvalue weighted by Gasteiger charge is 2.49. The van der Waals surface area contributed by atoms with Crippen LogP contribution in [0.25, 0.3) is 11.1 Å². The largest absolute Gasteiger partial charge is 0.480 e. The number of rotatable bonds is 4. The van der Waals surface area contributed by atoms with Gasteiger partial charge >= 0.3 is 12.1 Å². The van der Waals surface area contributed by atoms with Gasteiger partial charge in [-0.25, -0.2) is 18.4 Å². The van der Waals surface area contributed by atoms with E-state index in [1.807, 2.05) is 48.5 Å². The standard InChI is InChI=1S/C24H20F2N2O5/c25-24(26)12-20(22(30)31)28(14-24)21(29)10-5-11-27-23(32)33-13-19-17-8-3-1-6-15(17)16-7-2-4-9-18(16)19/h1-4,6-9,19-20H,11-14H2,(H,27,32)(H,30,31)/t20-/m1/s1. The summed E-state index contributed by atoms with van der Waals surface area (Å²) in [5, 5.41) is 11.4. The van der Waals surface area contributed by atoms with Crippen LogP contribution in [-0.4, -0.2) is 59.6 Å². The lowest BCUT2D eigenvalue weighted by molar-refractivity contribution is -0.146. The van der Waals surface area contributed by atoms with E-state index in [9.17, 15) is 23.2 Å². The van der Waals surface area contributed by atoms with Crippen LogP contribution in [0.4, 0.5) is 13.6 Å². The molecular weight excluding hydrogens is 434 g/mol. The number of amides is 2. The molecule has 1 aliphatic heterocycles. The summed E-state index contributed by atoms with van der Waals surface area (Å²) in [6, 6.07) is 14.1. The van der Waals surface area contributed by atoms with Crippen LogP contribution in [0.15, 0.2) is 48.5 Å². The number of hydrogen-bond donors (Lipinski definition) is 2. The maximum Gasteiger partial charge on any atom is 0.407 e. The molecule has 1 aliphatic carbocycles. The minimum Gasteiger partial charge on any atom is -0.480 e. The molecule has 2 aromatic carbocycles. The smallest absolute Gasteiger partial charge is 0.407 e. The number of likely N-dealkylation sites (tertiary alicyclic amines) is 1. The third-order valence-electron chi connectivity index (χ3n) is 5.68. The number of ether oxygens (including phenoxy) is 1. The van der Waals surface area contributed by atoms with E-state index in [2.05, 4.69) is 17.2 Å². The summed E-state index contributed by atoms with van der Waals surface area (Å²) in [6.45, 7) is -1.16. The number of carbonyl (C=O) groups is 3. The maximum atomic E-state index is 13.5. The first-order valence-electron chi connectivity index (χ1n) is 10.3. The molecule has 2 aliphatic rings. The number of alkyl halides is 2. The van der Waals surface area contributed by atoms with Crippen molar-refractivity contribution in [2.45, 2.75) is 24.3 Å². The average Bonchev–Trinajstić information content (AvgIpc) is 3.29. The van der Waals surface area contributed by atoms with Crippen LogP contribution in [0.2, 0.25) is 0 Å². The molecule has 1 saturated heterocycles. The fraction of sp³-hybridized carbons (Fsp3) is 0.292. The van der Waals surface area contributed by atoms with Crippen LogP contribution < -0.4 is 5.32 Å². The quantitative estimate of drug-likeness (QED) is 0.693. The molecule has 2 amide bonds. The SMILES string of the molecule is O=C(NCC#CC(=O)N1CC(F)(F)C[C@@H]1C(=O)O)OCC1c2ccccc2-c2ccccc21. The zero-order valence-electron chi connectivity index (χ0n) is 17.4. The summed E-state index contributed by atoms with van der Waals surface area (Å²) in [7, 11) is 0. The summed E-state index contributed by atoms with van der Waals surface area (Å²) >= 11 is 0. The second-order valence-electron chi connectivity index (χ2n) is 7.83. The minimum atomic E-state index is -3.28. The van der Waals surface area contributed by atoms with E-state index in [-0.39, 0.29) is 19.1 Å². The first-order chi connectivity index (χ1) is 15.8. The van der Waals surface area contributed by atoms with Crippen LogP contribution in [0, 0.1) is 11.8 Å². The number of aliphatic carboxylic acids is 1. The van der Waals surface area contributed by atoms with Gasteiger partial charge in [0.05, 0.1) is 13.1 Å². The molecule has 0 bridgehead atoms. The van der Waals surface area contributed by atoms with Crippen molar-refractivity contribution in [3.63, 3.8) is 0 Å². The van der Waals surface area contributed by atoms with Gasteiger partial charge in [0.2, 0.25) is 0 Å². The molecule has 33 heavy (non-hydrogen) atoms. The lowest BCUT2D eigenvalue weighted by Crippen LogP contribution is -2.40. The lowest BCUT2D eigenvalue weighted by atomic mass is 9.98. The molecular formula is C24H20F2N2O5. The van der Waals surface area contributed by atoms with Gasteiger partial charge in [-0.3, -0.25) is 4.79 Å². The number of carbonyl (C=O) groups excluding carboxylic acids is 2. The molecule has 0 aromatic heterocycles. The van der Waals surface area contributed by atoms with E-state index in [0.29, 0.717) is 4.90 Å². The lowest BCUT2D eigenvalue weighted by Gasteiger charge is -2.17. The topological polar surface area (TPSA) is 95.9 Å². The number of carboxylic acids is 1. The second-order valence-corrected chi connectivity index (χ2v) is 7.83. The van der Waals surface area contributed by atoms with Crippen molar-refractivity contribution in [3.8, 4) is 23.0 Å². The third-order valence-corrected chi connectivity index (χ3v) is 5.68. The minimum absolute atomic E-state index is 0.107. The Hall–Kier alpha value is -3.93. The highest BCUT2D eigenvalue weighted by Crippen LogP contribution is 2.44. The Morgan fingerprint density at radius 3 is 2.30 bits per heavy atom. The van der Waals surface area contributed by atoms with Crippen molar-refractivity contribution < 1.29 is 33.0 Å².